The SMILES string of the molecule is C=CC1CC2CCCC2C1. The summed E-state index contributed by atoms with van der Waals surface area (Å²) in [5, 5.41) is 0. The molecular formula is C10H16. The predicted molar refractivity (Wildman–Crippen MR) is 43.8 cm³/mol. The average Bonchev–Trinajstić information content (AvgIpc) is 2.42. The Hall–Kier alpha value is -0.260. The second kappa shape index (κ2) is 2.41. The fourth-order valence-corrected chi connectivity index (χ4v) is 2.80. The maximum atomic E-state index is 3.87. The van der Waals surface area contributed by atoms with Gasteiger partial charge in [-0.3, -0.25) is 0 Å². The molecule has 0 aliphatic heterocycles. The highest BCUT2D eigenvalue weighted by Crippen LogP contribution is 2.46. The first-order chi connectivity index (χ1) is 4.90. The van der Waals surface area contributed by atoms with Gasteiger partial charge >= 0.3 is 0 Å². The van der Waals surface area contributed by atoms with E-state index in [1.165, 1.54) is 32.1 Å². The summed E-state index contributed by atoms with van der Waals surface area (Å²) in [7, 11) is 0. The first-order valence-electron chi connectivity index (χ1n) is 4.52. The van der Waals surface area contributed by atoms with Crippen molar-refractivity contribution in [1.82, 2.24) is 0 Å². The summed E-state index contributed by atoms with van der Waals surface area (Å²) in [6, 6.07) is 0. The Balaban J connectivity index is 1.99. The van der Waals surface area contributed by atoms with Crippen LogP contribution in [0, 0.1) is 17.8 Å². The molecule has 0 radical (unpaired) electrons. The Morgan fingerprint density at radius 1 is 1.10 bits per heavy atom. The van der Waals surface area contributed by atoms with Crippen LogP contribution in [0.2, 0.25) is 0 Å². The normalized spacial score (nSPS) is 45.4. The summed E-state index contributed by atoms with van der Waals surface area (Å²) >= 11 is 0. The average molecular weight is 136 g/mol. The number of hydrogen-bond donors (Lipinski definition) is 0. The molecular weight excluding hydrogens is 120 g/mol. The number of allylic oxidation sites excluding steroid dienone is 1. The molecule has 2 aliphatic carbocycles. The maximum absolute atomic E-state index is 3.87. The first kappa shape index (κ1) is 6.45. The fraction of sp³-hybridized carbons (Fsp3) is 0.800. The van der Waals surface area contributed by atoms with E-state index in [0.29, 0.717) is 0 Å². The third-order valence-corrected chi connectivity index (χ3v) is 3.36. The monoisotopic (exact) mass is 136 g/mol. The van der Waals surface area contributed by atoms with Gasteiger partial charge in [0.15, 0.2) is 0 Å². The Kier molecular flexibility index (Phi) is 1.55. The van der Waals surface area contributed by atoms with Gasteiger partial charge < -0.3 is 0 Å². The maximum Gasteiger partial charge on any atom is -0.0231 e. The van der Waals surface area contributed by atoms with E-state index in [2.05, 4.69) is 12.7 Å². The molecule has 2 unspecified atom stereocenters. The van der Waals surface area contributed by atoms with Crippen molar-refractivity contribution in [3.63, 3.8) is 0 Å². The van der Waals surface area contributed by atoms with Crippen molar-refractivity contribution >= 4 is 0 Å². The van der Waals surface area contributed by atoms with Gasteiger partial charge in [0.25, 0.3) is 0 Å². The Labute approximate surface area is 63.3 Å². The topological polar surface area (TPSA) is 0 Å². The molecule has 2 atom stereocenters. The molecule has 0 N–H and O–H groups in total. The van der Waals surface area contributed by atoms with Crippen LogP contribution in [0.1, 0.15) is 32.1 Å². The molecule has 56 valence electrons. The zero-order valence-corrected chi connectivity index (χ0v) is 6.55. The van der Waals surface area contributed by atoms with Crippen molar-refractivity contribution in [2.45, 2.75) is 32.1 Å². The van der Waals surface area contributed by atoms with Crippen LogP contribution in [0.15, 0.2) is 12.7 Å². The minimum Gasteiger partial charge on any atom is -0.103 e. The molecule has 0 saturated heterocycles. The van der Waals surface area contributed by atoms with Gasteiger partial charge in [-0.15, -0.1) is 6.58 Å². The smallest absolute Gasteiger partial charge is 0.0231 e. The highest BCUT2D eigenvalue weighted by molar-refractivity contribution is 4.94. The van der Waals surface area contributed by atoms with Crippen LogP contribution in [-0.2, 0) is 0 Å². The van der Waals surface area contributed by atoms with Crippen molar-refractivity contribution in [2.75, 3.05) is 0 Å². The third kappa shape index (κ3) is 0.902. The van der Waals surface area contributed by atoms with E-state index in [1.54, 1.807) is 0 Å². The van der Waals surface area contributed by atoms with E-state index < -0.39 is 0 Å². The molecule has 0 amide bonds. The molecule has 2 saturated carbocycles. The zero-order valence-electron chi connectivity index (χ0n) is 6.55. The van der Waals surface area contributed by atoms with Gasteiger partial charge in [0.1, 0.15) is 0 Å². The lowest BCUT2D eigenvalue weighted by molar-refractivity contribution is 0.457. The highest BCUT2D eigenvalue weighted by Gasteiger charge is 2.35. The van der Waals surface area contributed by atoms with Crippen LogP contribution in [0.25, 0.3) is 0 Å². The lowest BCUT2D eigenvalue weighted by Gasteiger charge is -2.04. The number of fused-ring (bicyclic) bond motifs is 1. The summed E-state index contributed by atoms with van der Waals surface area (Å²) in [5.41, 5.74) is 0. The Morgan fingerprint density at radius 3 is 2.20 bits per heavy atom. The van der Waals surface area contributed by atoms with E-state index in [9.17, 15) is 0 Å². The van der Waals surface area contributed by atoms with Crippen LogP contribution in [-0.4, -0.2) is 0 Å². The molecule has 0 aromatic heterocycles. The molecule has 0 aromatic rings. The quantitative estimate of drug-likeness (QED) is 0.486. The third-order valence-electron chi connectivity index (χ3n) is 3.36. The summed E-state index contributed by atoms with van der Waals surface area (Å²) in [6.07, 6.45) is 9.59. The Bertz CT molecular complexity index is 125. The lowest BCUT2D eigenvalue weighted by atomic mass is 10.0. The fourth-order valence-electron chi connectivity index (χ4n) is 2.80. The van der Waals surface area contributed by atoms with Crippen LogP contribution in [0.5, 0.6) is 0 Å². The second-order valence-electron chi connectivity index (χ2n) is 3.92. The summed E-state index contributed by atoms with van der Waals surface area (Å²) in [4.78, 5) is 0. The molecule has 2 rings (SSSR count). The number of rotatable bonds is 1. The van der Waals surface area contributed by atoms with Gasteiger partial charge in [0.05, 0.1) is 0 Å². The van der Waals surface area contributed by atoms with Crippen molar-refractivity contribution in [3.8, 4) is 0 Å². The van der Waals surface area contributed by atoms with Gasteiger partial charge in [-0.1, -0.05) is 25.3 Å². The van der Waals surface area contributed by atoms with Crippen LogP contribution in [0.4, 0.5) is 0 Å². The predicted octanol–water partition coefficient (Wildman–Crippen LogP) is 3.00. The first-order valence-corrected chi connectivity index (χ1v) is 4.52. The van der Waals surface area contributed by atoms with Gasteiger partial charge in [0.2, 0.25) is 0 Å². The van der Waals surface area contributed by atoms with Crippen molar-refractivity contribution in [2.24, 2.45) is 17.8 Å². The van der Waals surface area contributed by atoms with Crippen molar-refractivity contribution < 1.29 is 0 Å². The zero-order chi connectivity index (χ0) is 6.97. The van der Waals surface area contributed by atoms with E-state index in [4.69, 9.17) is 0 Å². The molecule has 0 heteroatoms. The van der Waals surface area contributed by atoms with Gasteiger partial charge in [-0.05, 0) is 30.6 Å². The summed E-state index contributed by atoms with van der Waals surface area (Å²) < 4.78 is 0. The standard InChI is InChI=1S/C10H16/c1-2-8-6-9-4-3-5-10(9)7-8/h2,8-10H,1,3-7H2. The van der Waals surface area contributed by atoms with E-state index in [0.717, 1.165) is 17.8 Å². The van der Waals surface area contributed by atoms with Crippen LogP contribution in [0.3, 0.4) is 0 Å². The molecule has 0 nitrogen and oxygen atoms in total. The van der Waals surface area contributed by atoms with Gasteiger partial charge in [0, 0.05) is 0 Å². The molecule has 0 bridgehead atoms. The highest BCUT2D eigenvalue weighted by atomic mass is 14.4. The lowest BCUT2D eigenvalue weighted by Crippen LogP contribution is -1.95. The van der Waals surface area contributed by atoms with E-state index >= 15 is 0 Å². The van der Waals surface area contributed by atoms with Gasteiger partial charge in [-0.2, -0.15) is 0 Å². The minimum absolute atomic E-state index is 0.871. The summed E-state index contributed by atoms with van der Waals surface area (Å²) in [5.74, 6) is 3.04. The van der Waals surface area contributed by atoms with Crippen LogP contribution < -0.4 is 0 Å². The molecule has 2 fully saturated rings. The molecule has 10 heavy (non-hydrogen) atoms. The van der Waals surface area contributed by atoms with Crippen molar-refractivity contribution in [3.05, 3.63) is 12.7 Å². The molecule has 2 aliphatic rings. The Morgan fingerprint density at radius 2 is 1.70 bits per heavy atom. The van der Waals surface area contributed by atoms with Crippen LogP contribution >= 0.6 is 0 Å². The largest absolute Gasteiger partial charge is 0.103 e. The van der Waals surface area contributed by atoms with Crippen molar-refractivity contribution in [1.29, 1.82) is 0 Å². The summed E-state index contributed by atoms with van der Waals surface area (Å²) in [6.45, 7) is 3.87. The molecule has 0 spiro atoms. The molecule has 0 heterocycles. The van der Waals surface area contributed by atoms with E-state index in [1.807, 2.05) is 0 Å². The number of hydrogen-bond acceptors (Lipinski definition) is 0. The minimum atomic E-state index is 0.871. The van der Waals surface area contributed by atoms with E-state index in [-0.39, 0.29) is 0 Å². The molecule has 0 aromatic carbocycles. The second-order valence-corrected chi connectivity index (χ2v) is 3.92. The van der Waals surface area contributed by atoms with Gasteiger partial charge in [-0.25, -0.2) is 0 Å².